The van der Waals surface area contributed by atoms with Crippen molar-refractivity contribution in [3.8, 4) is 0 Å². The number of nitrogens with one attached hydrogen (secondary N) is 2. The molecule has 3 aromatic carbocycles. The van der Waals surface area contributed by atoms with Crippen LogP contribution in [0.2, 0.25) is 0 Å². The lowest BCUT2D eigenvalue weighted by molar-refractivity contribution is -0.146. The smallest absolute Gasteiger partial charge is 0.264 e. The first kappa shape index (κ1) is 45.7. The topological polar surface area (TPSA) is 162 Å². The van der Waals surface area contributed by atoms with Crippen LogP contribution < -0.4 is 11.0 Å². The van der Waals surface area contributed by atoms with E-state index in [9.17, 15) is 31.6 Å². The number of benzene rings is 3. The van der Waals surface area contributed by atoms with Gasteiger partial charge in [-0.3, -0.25) is 19.6 Å². The Bertz CT molecular complexity index is 1810. The summed E-state index contributed by atoms with van der Waals surface area (Å²) < 4.78 is 60.6. The molecule has 2 amide bonds. The van der Waals surface area contributed by atoms with Crippen LogP contribution in [-0.2, 0) is 41.1 Å². The molecule has 0 aliphatic heterocycles. The van der Waals surface area contributed by atoms with E-state index >= 15 is 0 Å². The largest absolute Gasteiger partial charge is 0.289 e. The molecule has 2 unspecified atom stereocenters. The van der Waals surface area contributed by atoms with Gasteiger partial charge in [0.05, 0.1) is 16.4 Å². The highest BCUT2D eigenvalue weighted by Gasteiger charge is 2.50. The van der Waals surface area contributed by atoms with Crippen molar-refractivity contribution >= 4 is 31.9 Å². The summed E-state index contributed by atoms with van der Waals surface area (Å²) in [7, 11) is -9.15. The number of carbonyl (C=O) groups excluding carboxylic acids is 2. The second kappa shape index (κ2) is 23.4. The van der Waals surface area contributed by atoms with Gasteiger partial charge < -0.3 is 0 Å². The first-order chi connectivity index (χ1) is 26.4. The SMILES string of the molecule is CCCCCCCCN(C(C(=O)NO)C(C(=O)NOCc1ccccc1)N(CCCCCCCC)S(=O)(=O)c1ccc(C)cc1)S(=O)(=O)c1ccc(C)cc1. The van der Waals surface area contributed by atoms with Crippen LogP contribution in [0.4, 0.5) is 0 Å². The molecule has 3 N–H and O–H groups in total. The zero-order valence-electron chi connectivity index (χ0n) is 32.8. The molecule has 14 heteroatoms. The zero-order valence-corrected chi connectivity index (χ0v) is 34.4. The molecule has 3 aromatic rings. The number of sulfonamides is 2. The first-order valence-corrected chi connectivity index (χ1v) is 22.3. The fourth-order valence-corrected chi connectivity index (χ4v) is 9.62. The summed E-state index contributed by atoms with van der Waals surface area (Å²) in [6.07, 6.45) is 9.43. The normalized spacial score (nSPS) is 13.1. The molecule has 0 bridgehead atoms. The Morgan fingerprint density at radius 3 is 1.42 bits per heavy atom. The Kier molecular flexibility index (Phi) is 19.5. The van der Waals surface area contributed by atoms with E-state index in [1.807, 2.05) is 13.0 Å². The quantitative estimate of drug-likeness (QED) is 0.0437. The van der Waals surface area contributed by atoms with Gasteiger partial charge >= 0.3 is 0 Å². The molecule has 0 saturated carbocycles. The molecule has 0 aromatic heterocycles. The Morgan fingerprint density at radius 1 is 0.600 bits per heavy atom. The molecule has 3 rings (SSSR count). The lowest BCUT2D eigenvalue weighted by Crippen LogP contribution is -2.65. The van der Waals surface area contributed by atoms with E-state index in [1.54, 1.807) is 60.9 Å². The third-order valence-corrected chi connectivity index (χ3v) is 13.3. The summed E-state index contributed by atoms with van der Waals surface area (Å²) in [6.45, 7) is 7.24. The maximum Gasteiger partial charge on any atom is 0.264 e. The predicted octanol–water partition coefficient (Wildman–Crippen LogP) is 7.20. The van der Waals surface area contributed by atoms with Crippen LogP contribution in [0.1, 0.15) is 108 Å². The highest BCUT2D eigenvalue weighted by atomic mass is 32.2. The molecule has 55 heavy (non-hydrogen) atoms. The average Bonchev–Trinajstić information content (AvgIpc) is 3.17. The van der Waals surface area contributed by atoms with Gasteiger partial charge in [-0.05, 0) is 56.5 Å². The molecule has 304 valence electrons. The summed E-state index contributed by atoms with van der Waals surface area (Å²) in [6, 6.07) is 17.0. The molecule has 0 heterocycles. The first-order valence-electron chi connectivity index (χ1n) is 19.4. The fourth-order valence-electron chi connectivity index (χ4n) is 6.36. The molecule has 0 radical (unpaired) electrons. The summed E-state index contributed by atoms with van der Waals surface area (Å²) in [4.78, 5) is 33.9. The van der Waals surface area contributed by atoms with Crippen LogP contribution in [0, 0.1) is 13.8 Å². The minimum Gasteiger partial charge on any atom is -0.289 e. The number of hydroxylamine groups is 2. The van der Waals surface area contributed by atoms with Gasteiger partial charge in [-0.1, -0.05) is 144 Å². The van der Waals surface area contributed by atoms with Crippen molar-refractivity contribution in [2.75, 3.05) is 13.1 Å². The van der Waals surface area contributed by atoms with Crippen molar-refractivity contribution in [3.05, 3.63) is 95.6 Å². The van der Waals surface area contributed by atoms with Gasteiger partial charge in [0.1, 0.15) is 12.1 Å². The monoisotopic (exact) mass is 800 g/mol. The van der Waals surface area contributed by atoms with Crippen LogP contribution in [0.5, 0.6) is 0 Å². The third-order valence-electron chi connectivity index (χ3n) is 9.54. The Hall–Kier alpha value is -3.66. The molecule has 0 fully saturated rings. The van der Waals surface area contributed by atoms with Crippen molar-refractivity contribution in [1.82, 2.24) is 19.6 Å². The van der Waals surface area contributed by atoms with Crippen LogP contribution in [0.3, 0.4) is 0 Å². The molecular formula is C41H60N4O8S2. The van der Waals surface area contributed by atoms with E-state index in [0.717, 1.165) is 71.1 Å². The van der Waals surface area contributed by atoms with Crippen molar-refractivity contribution in [2.24, 2.45) is 0 Å². The van der Waals surface area contributed by atoms with Gasteiger partial charge in [-0.15, -0.1) is 0 Å². The number of aryl methyl sites for hydroxylation is 2. The number of carbonyl (C=O) groups is 2. The molecular weight excluding hydrogens is 741 g/mol. The second-order valence-corrected chi connectivity index (χ2v) is 17.8. The predicted molar refractivity (Wildman–Crippen MR) is 214 cm³/mol. The maximum absolute atomic E-state index is 14.7. The number of amides is 2. The number of unbranched alkanes of at least 4 members (excludes halogenated alkanes) is 10. The van der Waals surface area contributed by atoms with Crippen LogP contribution in [-0.4, -0.2) is 67.6 Å². The van der Waals surface area contributed by atoms with Crippen molar-refractivity contribution in [2.45, 2.75) is 133 Å². The number of rotatable bonds is 26. The van der Waals surface area contributed by atoms with E-state index in [1.165, 1.54) is 24.3 Å². The fraction of sp³-hybridized carbons (Fsp3) is 0.512. The summed E-state index contributed by atoms with van der Waals surface area (Å²) in [5.41, 5.74) is 6.21. The van der Waals surface area contributed by atoms with Gasteiger partial charge in [0.25, 0.3) is 11.8 Å². The van der Waals surface area contributed by atoms with Crippen molar-refractivity contribution in [1.29, 1.82) is 0 Å². The lowest BCUT2D eigenvalue weighted by atomic mass is 10.0. The van der Waals surface area contributed by atoms with Crippen LogP contribution in [0.15, 0.2) is 88.7 Å². The maximum atomic E-state index is 14.7. The average molecular weight is 801 g/mol. The van der Waals surface area contributed by atoms with Crippen molar-refractivity contribution in [3.63, 3.8) is 0 Å². The van der Waals surface area contributed by atoms with E-state index in [0.29, 0.717) is 31.2 Å². The van der Waals surface area contributed by atoms with Crippen molar-refractivity contribution < 1.29 is 36.5 Å². The Labute approximate surface area is 328 Å². The summed E-state index contributed by atoms with van der Waals surface area (Å²) in [5.74, 6) is -2.34. The van der Waals surface area contributed by atoms with Gasteiger partial charge in [0, 0.05) is 13.1 Å². The minimum atomic E-state index is -4.58. The molecule has 12 nitrogen and oxygen atoms in total. The highest BCUT2D eigenvalue weighted by Crippen LogP contribution is 2.29. The highest BCUT2D eigenvalue weighted by molar-refractivity contribution is 7.89. The Morgan fingerprint density at radius 2 is 1.00 bits per heavy atom. The van der Waals surface area contributed by atoms with Crippen LogP contribution >= 0.6 is 0 Å². The molecule has 0 spiro atoms. The van der Waals surface area contributed by atoms with E-state index in [4.69, 9.17) is 4.84 Å². The van der Waals surface area contributed by atoms with Crippen LogP contribution in [0.25, 0.3) is 0 Å². The standard InChI is InChI=1S/C41H60N4O8S2/c1-5-7-9-11-13-18-30-44(54(49,50)36-26-22-33(3)23-27-36)38(40(46)42-48)39(41(47)43-53-32-35-20-16-15-17-21-35)45(31-19-14-12-10-8-6-2)55(51,52)37-28-24-34(4)25-29-37/h15-17,20-29,38-39,48H,5-14,18-19,30-32H2,1-4H3,(H,42,46)(H,43,47). The molecule has 2 atom stereocenters. The van der Waals surface area contributed by atoms with Gasteiger partial charge in [0.2, 0.25) is 20.0 Å². The summed E-state index contributed by atoms with van der Waals surface area (Å²) in [5, 5.41) is 10.2. The molecule has 0 saturated heterocycles. The van der Waals surface area contributed by atoms with Gasteiger partial charge in [0.15, 0.2) is 0 Å². The van der Waals surface area contributed by atoms with E-state index in [-0.39, 0.29) is 29.5 Å². The number of hydrogen-bond acceptors (Lipinski definition) is 8. The van der Waals surface area contributed by atoms with E-state index in [2.05, 4.69) is 19.3 Å². The molecule has 0 aliphatic carbocycles. The zero-order chi connectivity index (χ0) is 40.3. The van der Waals surface area contributed by atoms with Gasteiger partial charge in [-0.2, -0.15) is 8.61 Å². The number of hydrogen-bond donors (Lipinski definition) is 3. The summed E-state index contributed by atoms with van der Waals surface area (Å²) >= 11 is 0. The molecule has 0 aliphatic rings. The lowest BCUT2D eigenvalue weighted by Gasteiger charge is -2.39. The van der Waals surface area contributed by atoms with Gasteiger partial charge in [-0.25, -0.2) is 27.8 Å². The second-order valence-electron chi connectivity index (χ2n) is 14.0. The van der Waals surface area contributed by atoms with E-state index < -0.39 is 43.9 Å². The minimum absolute atomic E-state index is 0.0958. The third kappa shape index (κ3) is 13.8. The Balaban J connectivity index is 2.23. The number of nitrogens with zero attached hydrogens (tertiary/aromatic N) is 2.